The highest BCUT2D eigenvalue weighted by molar-refractivity contribution is 5.81. The van der Waals surface area contributed by atoms with Crippen molar-refractivity contribution in [3.8, 4) is 5.75 Å². The molecule has 0 fully saturated rings. The third-order valence-electron chi connectivity index (χ3n) is 4.61. The molecule has 6 heteroatoms. The lowest BCUT2D eigenvalue weighted by molar-refractivity contribution is -0.137. The molecule has 0 saturated heterocycles. The van der Waals surface area contributed by atoms with Crippen LogP contribution in [0.4, 0.5) is 4.79 Å². The average Bonchev–Trinajstić information content (AvgIpc) is 2.67. The third kappa shape index (κ3) is 8.62. The molecule has 1 aromatic rings. The second-order valence-electron chi connectivity index (χ2n) is 6.74. The summed E-state index contributed by atoms with van der Waals surface area (Å²) in [6.45, 7) is 12.9. The summed E-state index contributed by atoms with van der Waals surface area (Å²) < 4.78 is 15.3. The number of nitrogens with one attached hydrogen (secondary N) is 1. The van der Waals surface area contributed by atoms with Gasteiger partial charge in [0.05, 0.1) is 6.54 Å². The number of carbonyl (C=O) groups is 2. The van der Waals surface area contributed by atoms with Gasteiger partial charge < -0.3 is 19.5 Å². The molecule has 0 saturated carbocycles. The molecule has 0 aromatic heterocycles. The fourth-order valence-electron chi connectivity index (χ4n) is 2.46. The topological polar surface area (TPSA) is 73.9 Å². The molecule has 150 valence electrons. The summed E-state index contributed by atoms with van der Waals surface area (Å²) in [6.07, 6.45) is 0.480. The second kappa shape index (κ2) is 12.0. The van der Waals surface area contributed by atoms with Gasteiger partial charge in [0.2, 0.25) is 0 Å². The average molecular weight is 377 g/mol. The minimum atomic E-state index is -0.583. The van der Waals surface area contributed by atoms with Crippen molar-refractivity contribution in [2.24, 2.45) is 11.8 Å². The van der Waals surface area contributed by atoms with E-state index in [0.29, 0.717) is 17.8 Å². The Hall–Kier alpha value is -2.50. The van der Waals surface area contributed by atoms with Gasteiger partial charge in [-0.1, -0.05) is 46.4 Å². The second-order valence-corrected chi connectivity index (χ2v) is 6.74. The molecule has 1 N–H and O–H groups in total. The molecular formula is C21H31NO5. The van der Waals surface area contributed by atoms with Crippen LogP contribution in [-0.4, -0.2) is 38.4 Å². The van der Waals surface area contributed by atoms with E-state index in [9.17, 15) is 9.59 Å². The smallest absolute Gasteiger partial charge is 0.407 e. The molecule has 0 spiro atoms. The number of amides is 1. The number of benzene rings is 1. The number of ether oxygens (including phenoxy) is 3. The largest absolute Gasteiger partial charge is 0.490 e. The number of alkyl carbamates (subject to hydrolysis) is 1. The van der Waals surface area contributed by atoms with Crippen molar-refractivity contribution in [3.05, 3.63) is 42.5 Å². The van der Waals surface area contributed by atoms with E-state index < -0.39 is 12.1 Å². The van der Waals surface area contributed by atoms with Crippen molar-refractivity contribution in [3.63, 3.8) is 0 Å². The molecule has 2 unspecified atom stereocenters. The Balaban J connectivity index is 2.23. The summed E-state index contributed by atoms with van der Waals surface area (Å²) in [5.41, 5.74) is 1.29. The van der Waals surface area contributed by atoms with Crippen LogP contribution in [0.15, 0.2) is 36.9 Å². The maximum absolute atomic E-state index is 11.5. The Morgan fingerprint density at radius 3 is 2.30 bits per heavy atom. The fraction of sp³-hybridized carbons (Fsp3) is 0.524. The Labute approximate surface area is 161 Å². The van der Waals surface area contributed by atoms with Crippen LogP contribution in [0.3, 0.4) is 0 Å². The zero-order chi connectivity index (χ0) is 20.2. The molecule has 6 nitrogen and oxygen atoms in total. The van der Waals surface area contributed by atoms with Gasteiger partial charge in [-0.05, 0) is 35.4 Å². The number of rotatable bonds is 11. The van der Waals surface area contributed by atoms with E-state index in [4.69, 9.17) is 14.2 Å². The highest BCUT2D eigenvalue weighted by atomic mass is 16.6. The first kappa shape index (κ1) is 22.5. The first-order valence-corrected chi connectivity index (χ1v) is 9.27. The lowest BCUT2D eigenvalue weighted by atomic mass is 9.82. The molecule has 0 radical (unpaired) electrons. The molecule has 27 heavy (non-hydrogen) atoms. The van der Waals surface area contributed by atoms with Crippen LogP contribution in [0.2, 0.25) is 0 Å². The van der Waals surface area contributed by atoms with Gasteiger partial charge >= 0.3 is 12.1 Å². The number of hydrogen-bond donors (Lipinski definition) is 1. The van der Waals surface area contributed by atoms with Gasteiger partial charge in [-0.3, -0.25) is 0 Å². The molecule has 0 heterocycles. The molecule has 1 rings (SSSR count). The predicted octanol–water partition coefficient (Wildman–Crippen LogP) is 3.92. The van der Waals surface area contributed by atoms with E-state index in [-0.39, 0.29) is 26.4 Å². The molecule has 1 aromatic carbocycles. The van der Waals surface area contributed by atoms with Gasteiger partial charge in [0, 0.05) is 6.08 Å². The zero-order valence-corrected chi connectivity index (χ0v) is 16.7. The Morgan fingerprint density at radius 2 is 1.70 bits per heavy atom. The van der Waals surface area contributed by atoms with Gasteiger partial charge in [-0.25, -0.2) is 9.59 Å². The van der Waals surface area contributed by atoms with Gasteiger partial charge in [0.1, 0.15) is 25.6 Å². The van der Waals surface area contributed by atoms with E-state index in [1.165, 1.54) is 5.56 Å². The Bertz CT molecular complexity index is 597. The van der Waals surface area contributed by atoms with Gasteiger partial charge in [0.25, 0.3) is 0 Å². The van der Waals surface area contributed by atoms with Gasteiger partial charge in [-0.2, -0.15) is 0 Å². The molecule has 0 bridgehead atoms. The monoisotopic (exact) mass is 377 g/mol. The molecule has 0 aliphatic rings. The van der Waals surface area contributed by atoms with Crippen molar-refractivity contribution >= 4 is 12.1 Å². The quantitative estimate of drug-likeness (QED) is 0.359. The van der Waals surface area contributed by atoms with Crippen molar-refractivity contribution < 1.29 is 23.8 Å². The van der Waals surface area contributed by atoms with Crippen molar-refractivity contribution in [2.75, 3.05) is 26.4 Å². The minimum absolute atomic E-state index is 0.0661. The van der Waals surface area contributed by atoms with E-state index in [0.717, 1.165) is 11.8 Å². The van der Waals surface area contributed by atoms with Crippen LogP contribution < -0.4 is 10.1 Å². The van der Waals surface area contributed by atoms with E-state index >= 15 is 0 Å². The summed E-state index contributed by atoms with van der Waals surface area (Å²) in [5.74, 6) is 1.93. The predicted molar refractivity (Wildman–Crippen MR) is 105 cm³/mol. The van der Waals surface area contributed by atoms with Crippen molar-refractivity contribution in [1.82, 2.24) is 5.32 Å². The van der Waals surface area contributed by atoms with E-state index in [1.807, 2.05) is 12.1 Å². The number of esters is 1. The van der Waals surface area contributed by atoms with Crippen LogP contribution in [0.25, 0.3) is 0 Å². The summed E-state index contributed by atoms with van der Waals surface area (Å²) in [7, 11) is 0. The molecule has 1 amide bonds. The lowest BCUT2D eigenvalue weighted by Gasteiger charge is -2.24. The minimum Gasteiger partial charge on any atom is -0.490 e. The maximum atomic E-state index is 11.5. The van der Waals surface area contributed by atoms with E-state index in [2.05, 4.69) is 51.7 Å². The van der Waals surface area contributed by atoms with Gasteiger partial charge in [-0.15, -0.1) is 0 Å². The molecular weight excluding hydrogens is 346 g/mol. The number of hydrogen-bond acceptors (Lipinski definition) is 5. The zero-order valence-electron chi connectivity index (χ0n) is 16.7. The standard InChI is InChI=1S/C21H31NO5/c1-6-20(23)26-12-11-22-21(24)27-14-13-25-19-9-7-18(8-10-19)17(5)16(4)15(2)3/h6-10,15-17H,1,11-14H2,2-5H3,(H,22,24). The summed E-state index contributed by atoms with van der Waals surface area (Å²) in [5, 5.41) is 2.47. The van der Waals surface area contributed by atoms with E-state index in [1.54, 1.807) is 0 Å². The summed E-state index contributed by atoms with van der Waals surface area (Å²) in [6, 6.07) is 8.04. The van der Waals surface area contributed by atoms with Crippen LogP contribution in [0, 0.1) is 11.8 Å². The van der Waals surface area contributed by atoms with Crippen LogP contribution in [0.5, 0.6) is 5.75 Å². The molecule has 0 aliphatic heterocycles. The normalized spacial score (nSPS) is 12.8. The summed E-state index contributed by atoms with van der Waals surface area (Å²) >= 11 is 0. The highest BCUT2D eigenvalue weighted by Gasteiger charge is 2.17. The van der Waals surface area contributed by atoms with Crippen molar-refractivity contribution in [2.45, 2.75) is 33.6 Å². The molecule has 2 atom stereocenters. The first-order chi connectivity index (χ1) is 12.8. The fourth-order valence-corrected chi connectivity index (χ4v) is 2.46. The van der Waals surface area contributed by atoms with Crippen LogP contribution >= 0.6 is 0 Å². The third-order valence-corrected chi connectivity index (χ3v) is 4.61. The Morgan fingerprint density at radius 1 is 1.04 bits per heavy atom. The Kier molecular flexibility index (Phi) is 10.0. The molecule has 0 aliphatic carbocycles. The highest BCUT2D eigenvalue weighted by Crippen LogP contribution is 2.30. The first-order valence-electron chi connectivity index (χ1n) is 9.27. The van der Waals surface area contributed by atoms with Crippen LogP contribution in [0.1, 0.15) is 39.2 Å². The van der Waals surface area contributed by atoms with Crippen LogP contribution in [-0.2, 0) is 14.3 Å². The van der Waals surface area contributed by atoms with Crippen molar-refractivity contribution in [1.29, 1.82) is 0 Å². The number of carbonyl (C=O) groups excluding carboxylic acids is 2. The summed E-state index contributed by atoms with van der Waals surface area (Å²) in [4.78, 5) is 22.3. The maximum Gasteiger partial charge on any atom is 0.407 e. The lowest BCUT2D eigenvalue weighted by Crippen LogP contribution is -2.29. The SMILES string of the molecule is C=CC(=O)OCCNC(=O)OCCOc1ccc(C(C)C(C)C(C)C)cc1. The van der Waals surface area contributed by atoms with Gasteiger partial charge in [0.15, 0.2) is 0 Å².